The van der Waals surface area contributed by atoms with Crippen LogP contribution in [0.4, 0.5) is 0 Å². The summed E-state index contributed by atoms with van der Waals surface area (Å²) in [5.41, 5.74) is 4.92. The van der Waals surface area contributed by atoms with Crippen LogP contribution in [0, 0.1) is 6.92 Å². The van der Waals surface area contributed by atoms with Crippen LogP contribution in [0.2, 0.25) is 0 Å². The molecular weight excluding hydrogens is 450 g/mol. The van der Waals surface area contributed by atoms with Crippen molar-refractivity contribution < 1.29 is 19.1 Å². The average molecular weight is 468 g/mol. The van der Waals surface area contributed by atoms with Crippen molar-refractivity contribution in [2.24, 2.45) is 5.10 Å². The average Bonchev–Trinajstić information content (AvgIpc) is 2.76. The van der Waals surface area contributed by atoms with E-state index in [4.69, 9.17) is 9.47 Å². The highest BCUT2D eigenvalue weighted by molar-refractivity contribution is 9.10. The molecule has 0 spiro atoms. The number of ether oxygens (including phenoxy) is 2. The molecule has 0 saturated carbocycles. The Bertz CT molecular complexity index is 1080. The Hall–Kier alpha value is -3.52. The number of esters is 1. The molecule has 3 rings (SSSR count). The van der Waals surface area contributed by atoms with Crippen molar-refractivity contribution in [2.45, 2.75) is 6.92 Å². The molecule has 0 aliphatic carbocycles. The SMILES string of the molecule is COc1cc(/C=N\NC(=O)c2cccnc2)cc(Br)c1OC(=O)c1ccc(C)cc1. The predicted octanol–water partition coefficient (Wildman–Crippen LogP) is 4.14. The van der Waals surface area contributed by atoms with E-state index in [-0.39, 0.29) is 11.7 Å². The summed E-state index contributed by atoms with van der Waals surface area (Å²) in [4.78, 5) is 28.3. The number of rotatable bonds is 6. The summed E-state index contributed by atoms with van der Waals surface area (Å²) in [6.07, 6.45) is 4.48. The second kappa shape index (κ2) is 9.80. The van der Waals surface area contributed by atoms with Crippen LogP contribution in [0.15, 0.2) is 70.5 Å². The van der Waals surface area contributed by atoms with Crippen LogP contribution in [0.5, 0.6) is 11.5 Å². The maximum atomic E-state index is 12.4. The number of nitrogens with one attached hydrogen (secondary N) is 1. The van der Waals surface area contributed by atoms with E-state index in [9.17, 15) is 9.59 Å². The van der Waals surface area contributed by atoms with Crippen molar-refractivity contribution in [3.8, 4) is 11.5 Å². The first kappa shape index (κ1) is 21.2. The molecular formula is C22H18BrN3O4. The molecule has 7 nitrogen and oxygen atoms in total. The lowest BCUT2D eigenvalue weighted by Gasteiger charge is -2.12. The number of carbonyl (C=O) groups is 2. The molecule has 0 aliphatic heterocycles. The fourth-order valence-corrected chi connectivity index (χ4v) is 3.02. The third-order valence-electron chi connectivity index (χ3n) is 4.04. The van der Waals surface area contributed by atoms with E-state index in [1.807, 2.05) is 19.1 Å². The Morgan fingerprint density at radius 3 is 2.57 bits per heavy atom. The van der Waals surface area contributed by atoms with Crippen molar-refractivity contribution in [1.82, 2.24) is 10.4 Å². The topological polar surface area (TPSA) is 89.9 Å². The highest BCUT2D eigenvalue weighted by atomic mass is 79.9. The Labute approximate surface area is 181 Å². The lowest BCUT2D eigenvalue weighted by Crippen LogP contribution is -2.17. The lowest BCUT2D eigenvalue weighted by molar-refractivity contribution is 0.0728. The van der Waals surface area contributed by atoms with Crippen LogP contribution in [0.25, 0.3) is 0 Å². The number of nitrogens with zero attached hydrogens (tertiary/aromatic N) is 2. The summed E-state index contributed by atoms with van der Waals surface area (Å²) in [6.45, 7) is 1.94. The summed E-state index contributed by atoms with van der Waals surface area (Å²) in [6, 6.07) is 13.7. The van der Waals surface area contributed by atoms with Crippen molar-refractivity contribution in [3.63, 3.8) is 0 Å². The van der Waals surface area contributed by atoms with E-state index in [0.29, 0.717) is 26.9 Å². The van der Waals surface area contributed by atoms with E-state index in [1.165, 1.54) is 19.5 Å². The van der Waals surface area contributed by atoms with Gasteiger partial charge in [0.05, 0.1) is 28.9 Å². The molecule has 0 radical (unpaired) electrons. The molecule has 3 aromatic rings. The number of amides is 1. The number of hydrogen-bond acceptors (Lipinski definition) is 6. The van der Waals surface area contributed by atoms with Gasteiger partial charge in [0.25, 0.3) is 5.91 Å². The maximum Gasteiger partial charge on any atom is 0.343 e. The number of carbonyl (C=O) groups excluding carboxylic acids is 2. The largest absolute Gasteiger partial charge is 0.493 e. The first-order valence-electron chi connectivity index (χ1n) is 8.87. The highest BCUT2D eigenvalue weighted by Gasteiger charge is 2.16. The van der Waals surface area contributed by atoms with Crippen LogP contribution in [-0.2, 0) is 0 Å². The zero-order valence-electron chi connectivity index (χ0n) is 16.3. The van der Waals surface area contributed by atoms with Gasteiger partial charge < -0.3 is 9.47 Å². The standard InChI is InChI=1S/C22H18BrN3O4/c1-14-5-7-16(8-6-14)22(28)30-20-18(23)10-15(11-19(20)29-2)12-25-26-21(27)17-4-3-9-24-13-17/h3-13H,1-2H3,(H,26,27)/b25-12-. The summed E-state index contributed by atoms with van der Waals surface area (Å²) >= 11 is 3.39. The summed E-state index contributed by atoms with van der Waals surface area (Å²) in [5.74, 6) is -0.294. The molecule has 0 bridgehead atoms. The first-order chi connectivity index (χ1) is 14.5. The zero-order valence-corrected chi connectivity index (χ0v) is 17.8. The number of methoxy groups -OCH3 is 1. The molecule has 1 heterocycles. The fraction of sp³-hybridized carbons (Fsp3) is 0.0909. The minimum atomic E-state index is -0.501. The number of hydrogen-bond donors (Lipinski definition) is 1. The van der Waals surface area contributed by atoms with E-state index in [0.717, 1.165) is 5.56 Å². The van der Waals surface area contributed by atoms with Gasteiger partial charge in [0.1, 0.15) is 0 Å². The molecule has 0 atom stereocenters. The van der Waals surface area contributed by atoms with Crippen molar-refractivity contribution in [3.05, 3.63) is 87.7 Å². The monoisotopic (exact) mass is 467 g/mol. The van der Waals surface area contributed by atoms with Gasteiger partial charge in [0.2, 0.25) is 0 Å². The number of benzene rings is 2. The van der Waals surface area contributed by atoms with Gasteiger partial charge in [-0.1, -0.05) is 17.7 Å². The van der Waals surface area contributed by atoms with Crippen LogP contribution in [-0.4, -0.2) is 30.2 Å². The van der Waals surface area contributed by atoms with Gasteiger partial charge in [-0.15, -0.1) is 0 Å². The molecule has 0 unspecified atom stereocenters. The Balaban J connectivity index is 1.74. The Kier molecular flexibility index (Phi) is 6.92. The van der Waals surface area contributed by atoms with Crippen LogP contribution in [0.3, 0.4) is 0 Å². The lowest BCUT2D eigenvalue weighted by atomic mass is 10.1. The van der Waals surface area contributed by atoms with E-state index in [1.54, 1.807) is 42.6 Å². The maximum absolute atomic E-state index is 12.4. The number of halogens is 1. The fourth-order valence-electron chi connectivity index (χ4n) is 2.48. The van der Waals surface area contributed by atoms with Gasteiger partial charge in [-0.05, 0) is 64.8 Å². The molecule has 0 saturated heterocycles. The predicted molar refractivity (Wildman–Crippen MR) is 116 cm³/mol. The van der Waals surface area contributed by atoms with Gasteiger partial charge in [0, 0.05) is 12.4 Å². The third-order valence-corrected chi connectivity index (χ3v) is 4.63. The molecule has 1 amide bonds. The smallest absolute Gasteiger partial charge is 0.343 e. The molecule has 1 N–H and O–H groups in total. The number of aryl methyl sites for hydroxylation is 1. The molecule has 2 aromatic carbocycles. The van der Waals surface area contributed by atoms with E-state index in [2.05, 4.69) is 31.4 Å². The summed E-state index contributed by atoms with van der Waals surface area (Å²) in [5, 5.41) is 3.94. The summed E-state index contributed by atoms with van der Waals surface area (Å²) in [7, 11) is 1.47. The van der Waals surface area contributed by atoms with Gasteiger partial charge in [0.15, 0.2) is 11.5 Å². The number of aromatic nitrogens is 1. The van der Waals surface area contributed by atoms with Gasteiger partial charge in [-0.3, -0.25) is 9.78 Å². The highest BCUT2D eigenvalue weighted by Crippen LogP contribution is 2.36. The number of hydrazone groups is 1. The summed E-state index contributed by atoms with van der Waals surface area (Å²) < 4.78 is 11.4. The molecule has 0 fully saturated rings. The van der Waals surface area contributed by atoms with Crippen molar-refractivity contribution in [1.29, 1.82) is 0 Å². The second-order valence-electron chi connectivity index (χ2n) is 6.23. The molecule has 152 valence electrons. The minimum absolute atomic E-state index is 0.250. The number of pyridine rings is 1. The molecule has 8 heteroatoms. The normalized spacial score (nSPS) is 10.6. The Morgan fingerprint density at radius 1 is 1.13 bits per heavy atom. The van der Waals surface area contributed by atoms with Crippen LogP contribution >= 0.6 is 15.9 Å². The molecule has 30 heavy (non-hydrogen) atoms. The van der Waals surface area contributed by atoms with Gasteiger partial charge in [-0.25, -0.2) is 10.2 Å². The van der Waals surface area contributed by atoms with Crippen molar-refractivity contribution >= 4 is 34.0 Å². The minimum Gasteiger partial charge on any atom is -0.493 e. The van der Waals surface area contributed by atoms with E-state index >= 15 is 0 Å². The van der Waals surface area contributed by atoms with Gasteiger partial charge >= 0.3 is 5.97 Å². The third kappa shape index (κ3) is 5.30. The quantitative estimate of drug-likeness (QED) is 0.254. The van der Waals surface area contributed by atoms with Crippen LogP contribution in [0.1, 0.15) is 31.8 Å². The van der Waals surface area contributed by atoms with E-state index < -0.39 is 5.97 Å². The molecule has 0 aliphatic rings. The molecule has 1 aromatic heterocycles. The van der Waals surface area contributed by atoms with Gasteiger partial charge in [-0.2, -0.15) is 5.10 Å². The second-order valence-corrected chi connectivity index (χ2v) is 7.08. The Morgan fingerprint density at radius 2 is 1.90 bits per heavy atom. The first-order valence-corrected chi connectivity index (χ1v) is 9.67. The van der Waals surface area contributed by atoms with Crippen LogP contribution < -0.4 is 14.9 Å². The zero-order chi connectivity index (χ0) is 21.5. The van der Waals surface area contributed by atoms with Crippen molar-refractivity contribution in [2.75, 3.05) is 7.11 Å².